The highest BCUT2D eigenvalue weighted by atomic mass is 19.1. The Kier molecular flexibility index (Phi) is 5.56. The van der Waals surface area contributed by atoms with E-state index in [2.05, 4.69) is 10.2 Å². The summed E-state index contributed by atoms with van der Waals surface area (Å²) in [7, 11) is 1.41. The summed E-state index contributed by atoms with van der Waals surface area (Å²) in [6, 6.07) is 4.24. The molecule has 132 valence electrons. The zero-order valence-electron chi connectivity index (χ0n) is 14.3. The number of urea groups is 1. The molecule has 6 heteroatoms. The second-order valence-corrected chi connectivity index (χ2v) is 6.74. The Morgan fingerprint density at radius 3 is 2.83 bits per heavy atom. The highest BCUT2D eigenvalue weighted by Gasteiger charge is 2.28. The van der Waals surface area contributed by atoms with Gasteiger partial charge in [-0.2, -0.15) is 0 Å². The third kappa shape index (κ3) is 4.17. The minimum atomic E-state index is -0.432. The number of amides is 2. The number of nitrogens with one attached hydrogen (secondary N) is 1. The Balaban J connectivity index is 1.51. The van der Waals surface area contributed by atoms with Crippen molar-refractivity contribution >= 4 is 11.7 Å². The Hall–Kier alpha value is -1.82. The lowest BCUT2D eigenvalue weighted by Gasteiger charge is -2.29. The second-order valence-electron chi connectivity index (χ2n) is 6.74. The highest BCUT2D eigenvalue weighted by molar-refractivity contribution is 5.89. The van der Waals surface area contributed by atoms with Gasteiger partial charge in [0.1, 0.15) is 0 Å². The van der Waals surface area contributed by atoms with Crippen LogP contribution in [0.2, 0.25) is 0 Å². The van der Waals surface area contributed by atoms with E-state index in [9.17, 15) is 9.18 Å². The molecule has 0 aromatic heterocycles. The fourth-order valence-corrected chi connectivity index (χ4v) is 3.61. The molecule has 0 spiro atoms. The van der Waals surface area contributed by atoms with Gasteiger partial charge >= 0.3 is 6.03 Å². The average molecular weight is 335 g/mol. The molecule has 1 aromatic rings. The van der Waals surface area contributed by atoms with Gasteiger partial charge in [-0.05, 0) is 50.4 Å². The van der Waals surface area contributed by atoms with E-state index in [-0.39, 0.29) is 11.8 Å². The standard InChI is InChI=1S/C18H26FN3O2/c1-24-17-11-15(5-6-16(17)19)20-18(23)22-10-7-14(13-22)12-21-8-3-2-4-9-21/h5-6,11,14H,2-4,7-10,12-13H2,1H3,(H,20,23). The van der Waals surface area contributed by atoms with Crippen molar-refractivity contribution in [2.24, 2.45) is 5.92 Å². The van der Waals surface area contributed by atoms with Crippen LogP contribution in [-0.4, -0.2) is 55.7 Å². The molecule has 0 saturated carbocycles. The van der Waals surface area contributed by atoms with Gasteiger partial charge in [0, 0.05) is 31.4 Å². The number of rotatable bonds is 4. The molecule has 24 heavy (non-hydrogen) atoms. The fourth-order valence-electron chi connectivity index (χ4n) is 3.61. The molecule has 2 heterocycles. The summed E-state index contributed by atoms with van der Waals surface area (Å²) in [6.07, 6.45) is 4.99. The van der Waals surface area contributed by atoms with Gasteiger partial charge < -0.3 is 19.9 Å². The van der Waals surface area contributed by atoms with Gasteiger partial charge in [0.15, 0.2) is 11.6 Å². The molecule has 1 atom stereocenters. The number of likely N-dealkylation sites (tertiary alicyclic amines) is 2. The minimum absolute atomic E-state index is 0.121. The highest BCUT2D eigenvalue weighted by Crippen LogP contribution is 2.23. The lowest BCUT2D eigenvalue weighted by Crippen LogP contribution is -2.37. The van der Waals surface area contributed by atoms with Crippen LogP contribution >= 0.6 is 0 Å². The zero-order valence-corrected chi connectivity index (χ0v) is 14.3. The number of benzene rings is 1. The van der Waals surface area contributed by atoms with Gasteiger partial charge in [0.2, 0.25) is 0 Å². The van der Waals surface area contributed by atoms with Gasteiger partial charge in [0.25, 0.3) is 0 Å². The average Bonchev–Trinajstić information content (AvgIpc) is 3.06. The van der Waals surface area contributed by atoms with Crippen molar-refractivity contribution in [2.45, 2.75) is 25.7 Å². The molecule has 2 amide bonds. The Labute approximate surface area is 142 Å². The fraction of sp³-hybridized carbons (Fsp3) is 0.611. The summed E-state index contributed by atoms with van der Waals surface area (Å²) < 4.78 is 18.4. The van der Waals surface area contributed by atoms with E-state index in [4.69, 9.17) is 4.74 Å². The predicted molar refractivity (Wildman–Crippen MR) is 91.9 cm³/mol. The van der Waals surface area contributed by atoms with Crippen LogP contribution in [0.1, 0.15) is 25.7 Å². The third-order valence-corrected chi connectivity index (χ3v) is 4.94. The van der Waals surface area contributed by atoms with Crippen LogP contribution in [0.15, 0.2) is 18.2 Å². The van der Waals surface area contributed by atoms with Crippen LogP contribution in [0.4, 0.5) is 14.9 Å². The lowest BCUT2D eigenvalue weighted by molar-refractivity contribution is 0.192. The molecule has 0 radical (unpaired) electrons. The Bertz CT molecular complexity index is 575. The molecule has 2 aliphatic rings. The third-order valence-electron chi connectivity index (χ3n) is 4.94. The number of methoxy groups -OCH3 is 1. The molecule has 2 fully saturated rings. The molecule has 0 bridgehead atoms. The Morgan fingerprint density at radius 2 is 2.08 bits per heavy atom. The summed E-state index contributed by atoms with van der Waals surface area (Å²) >= 11 is 0. The Morgan fingerprint density at radius 1 is 1.29 bits per heavy atom. The van der Waals surface area contributed by atoms with Crippen LogP contribution in [0.25, 0.3) is 0 Å². The number of piperidine rings is 1. The first kappa shape index (κ1) is 17.0. The van der Waals surface area contributed by atoms with Crippen molar-refractivity contribution in [3.8, 4) is 5.75 Å². The first-order valence-corrected chi connectivity index (χ1v) is 8.77. The first-order valence-electron chi connectivity index (χ1n) is 8.77. The summed E-state index contributed by atoms with van der Waals surface area (Å²) in [4.78, 5) is 16.8. The molecule has 1 N–H and O–H groups in total. The topological polar surface area (TPSA) is 44.8 Å². The molecular formula is C18H26FN3O2. The monoisotopic (exact) mass is 335 g/mol. The molecule has 3 rings (SSSR count). The number of carbonyl (C=O) groups is 1. The molecular weight excluding hydrogens is 309 g/mol. The van der Waals surface area contributed by atoms with Gasteiger partial charge in [-0.1, -0.05) is 6.42 Å². The van der Waals surface area contributed by atoms with E-state index in [1.54, 1.807) is 6.07 Å². The van der Waals surface area contributed by atoms with Crippen molar-refractivity contribution in [3.63, 3.8) is 0 Å². The zero-order chi connectivity index (χ0) is 16.9. The van der Waals surface area contributed by atoms with Crippen LogP contribution < -0.4 is 10.1 Å². The minimum Gasteiger partial charge on any atom is -0.494 e. The largest absolute Gasteiger partial charge is 0.494 e. The van der Waals surface area contributed by atoms with Crippen LogP contribution in [0.3, 0.4) is 0 Å². The molecule has 0 aliphatic carbocycles. The summed E-state index contributed by atoms with van der Waals surface area (Å²) in [5, 5.41) is 2.84. The number of carbonyl (C=O) groups excluding carboxylic acids is 1. The second kappa shape index (κ2) is 7.83. The number of hydrogen-bond donors (Lipinski definition) is 1. The van der Waals surface area contributed by atoms with E-state index < -0.39 is 5.82 Å². The number of halogens is 1. The summed E-state index contributed by atoms with van der Waals surface area (Å²) in [5.74, 6) is 0.257. The van der Waals surface area contributed by atoms with Gasteiger partial charge in [-0.3, -0.25) is 0 Å². The number of nitrogens with zero attached hydrogens (tertiary/aromatic N) is 2. The van der Waals surface area contributed by atoms with Crippen molar-refractivity contribution in [3.05, 3.63) is 24.0 Å². The van der Waals surface area contributed by atoms with Crippen molar-refractivity contribution in [2.75, 3.05) is 45.2 Å². The van der Waals surface area contributed by atoms with E-state index in [1.165, 1.54) is 51.6 Å². The van der Waals surface area contributed by atoms with E-state index >= 15 is 0 Å². The van der Waals surface area contributed by atoms with E-state index in [0.717, 1.165) is 26.1 Å². The quantitative estimate of drug-likeness (QED) is 0.919. The first-order chi connectivity index (χ1) is 11.7. The van der Waals surface area contributed by atoms with Crippen LogP contribution in [0.5, 0.6) is 5.75 Å². The van der Waals surface area contributed by atoms with Gasteiger partial charge in [0.05, 0.1) is 7.11 Å². The predicted octanol–water partition coefficient (Wildman–Crippen LogP) is 3.17. The summed E-state index contributed by atoms with van der Waals surface area (Å²) in [6.45, 7) is 5.05. The molecule has 1 unspecified atom stereocenters. The van der Waals surface area contributed by atoms with Crippen molar-refractivity contribution in [1.82, 2.24) is 9.80 Å². The lowest BCUT2D eigenvalue weighted by atomic mass is 10.1. The maximum Gasteiger partial charge on any atom is 0.321 e. The van der Waals surface area contributed by atoms with Gasteiger partial charge in [-0.15, -0.1) is 0 Å². The van der Waals surface area contributed by atoms with Crippen molar-refractivity contribution < 1.29 is 13.9 Å². The molecule has 1 aromatic carbocycles. The van der Waals surface area contributed by atoms with E-state index in [1.807, 2.05) is 4.90 Å². The van der Waals surface area contributed by atoms with Crippen LogP contribution in [-0.2, 0) is 0 Å². The number of ether oxygens (including phenoxy) is 1. The molecule has 5 nitrogen and oxygen atoms in total. The normalized spacial score (nSPS) is 21.8. The maximum atomic E-state index is 13.4. The SMILES string of the molecule is COc1cc(NC(=O)N2CCC(CN3CCCCC3)C2)ccc1F. The molecule has 2 saturated heterocycles. The van der Waals surface area contributed by atoms with Crippen molar-refractivity contribution in [1.29, 1.82) is 0 Å². The number of hydrogen-bond acceptors (Lipinski definition) is 3. The van der Waals surface area contributed by atoms with Gasteiger partial charge in [-0.25, -0.2) is 9.18 Å². The smallest absolute Gasteiger partial charge is 0.321 e. The summed E-state index contributed by atoms with van der Waals surface area (Å²) in [5.41, 5.74) is 0.553. The molecule has 2 aliphatic heterocycles. The maximum absolute atomic E-state index is 13.4. The van der Waals surface area contributed by atoms with Crippen LogP contribution in [0, 0.1) is 11.7 Å². The van der Waals surface area contributed by atoms with E-state index in [0.29, 0.717) is 11.6 Å². The number of anilines is 1.